The number of urea groups is 1. The van der Waals surface area contributed by atoms with Gasteiger partial charge in [0.1, 0.15) is 12.1 Å². The molecule has 0 aromatic heterocycles. The molecule has 2 N–H and O–H groups in total. The number of unbranched alkanes of at least 4 members (excludes halogenated alkanes) is 2. The van der Waals surface area contributed by atoms with Gasteiger partial charge in [0.05, 0.1) is 0 Å². The minimum absolute atomic E-state index is 0.0680. The monoisotopic (exact) mass is 323 g/mol. The van der Waals surface area contributed by atoms with Gasteiger partial charge < -0.3 is 10.6 Å². The van der Waals surface area contributed by atoms with E-state index in [9.17, 15) is 14.4 Å². The number of imide groups is 1. The molecule has 130 valence electrons. The van der Waals surface area contributed by atoms with Crippen molar-refractivity contribution < 1.29 is 14.4 Å². The van der Waals surface area contributed by atoms with E-state index < -0.39 is 11.6 Å². The summed E-state index contributed by atoms with van der Waals surface area (Å²) in [7, 11) is 0. The van der Waals surface area contributed by atoms with Gasteiger partial charge >= 0.3 is 6.03 Å². The molecule has 2 fully saturated rings. The highest BCUT2D eigenvalue weighted by Crippen LogP contribution is 2.33. The third-order valence-electron chi connectivity index (χ3n) is 4.90. The molecule has 1 unspecified atom stereocenters. The summed E-state index contributed by atoms with van der Waals surface area (Å²) in [4.78, 5) is 37.9. The lowest BCUT2D eigenvalue weighted by Gasteiger charge is -2.30. The number of amides is 4. The molecule has 1 aliphatic heterocycles. The van der Waals surface area contributed by atoms with E-state index in [2.05, 4.69) is 17.6 Å². The second kappa shape index (κ2) is 7.79. The molecule has 2 rings (SSSR count). The van der Waals surface area contributed by atoms with Crippen LogP contribution in [0.1, 0.15) is 71.6 Å². The first-order valence-electron chi connectivity index (χ1n) is 8.92. The summed E-state index contributed by atoms with van der Waals surface area (Å²) in [5.41, 5.74) is -0.748. The fourth-order valence-corrected chi connectivity index (χ4v) is 3.55. The zero-order valence-corrected chi connectivity index (χ0v) is 14.3. The zero-order valence-electron chi connectivity index (χ0n) is 14.3. The number of hydrogen-bond donors (Lipinski definition) is 2. The summed E-state index contributed by atoms with van der Waals surface area (Å²) in [5.74, 6) is -0.485. The summed E-state index contributed by atoms with van der Waals surface area (Å²) >= 11 is 0. The highest BCUT2D eigenvalue weighted by Gasteiger charge is 2.51. The summed E-state index contributed by atoms with van der Waals surface area (Å²) in [5, 5.41) is 5.71. The molecule has 0 aromatic carbocycles. The first-order valence-corrected chi connectivity index (χ1v) is 8.92. The Morgan fingerprint density at radius 3 is 2.61 bits per heavy atom. The normalized spacial score (nSPS) is 21.4. The Hall–Kier alpha value is -1.59. The third kappa shape index (κ3) is 4.24. The quantitative estimate of drug-likeness (QED) is 0.557. The predicted octanol–water partition coefficient (Wildman–Crippen LogP) is 2.33. The Morgan fingerprint density at radius 2 is 1.96 bits per heavy atom. The third-order valence-corrected chi connectivity index (χ3v) is 4.90. The van der Waals surface area contributed by atoms with Gasteiger partial charge in [0.15, 0.2) is 0 Å². The molecular formula is C17H29N3O3. The Balaban J connectivity index is 1.85. The van der Waals surface area contributed by atoms with Crippen molar-refractivity contribution in [3.8, 4) is 0 Å². The van der Waals surface area contributed by atoms with Gasteiger partial charge in [0.25, 0.3) is 5.91 Å². The van der Waals surface area contributed by atoms with Crippen LogP contribution in [0.15, 0.2) is 0 Å². The fraction of sp³-hybridized carbons (Fsp3) is 0.824. The lowest BCUT2D eigenvalue weighted by Crippen LogP contribution is -2.49. The van der Waals surface area contributed by atoms with Crippen LogP contribution in [0.3, 0.4) is 0 Å². The number of carbonyl (C=O) groups excluding carboxylic acids is 3. The maximum absolute atomic E-state index is 12.6. The molecule has 1 saturated carbocycles. The largest absolute Gasteiger partial charge is 0.352 e. The Kier molecular flexibility index (Phi) is 6.02. The molecule has 0 radical (unpaired) electrons. The number of rotatable bonds is 7. The molecule has 1 heterocycles. The first-order chi connectivity index (χ1) is 11.0. The van der Waals surface area contributed by atoms with Crippen LogP contribution in [0.2, 0.25) is 0 Å². The van der Waals surface area contributed by atoms with E-state index in [4.69, 9.17) is 0 Å². The second-order valence-electron chi connectivity index (χ2n) is 6.93. The van der Waals surface area contributed by atoms with Gasteiger partial charge in [-0.2, -0.15) is 0 Å². The van der Waals surface area contributed by atoms with Crippen LogP contribution in [0, 0.1) is 0 Å². The number of nitrogens with zero attached hydrogens (tertiary/aromatic N) is 1. The lowest BCUT2D eigenvalue weighted by molar-refractivity contribution is -0.136. The fourth-order valence-electron chi connectivity index (χ4n) is 3.55. The Bertz CT molecular complexity index is 458. The van der Waals surface area contributed by atoms with Gasteiger partial charge in [-0.3, -0.25) is 14.5 Å². The van der Waals surface area contributed by atoms with Gasteiger partial charge in [-0.1, -0.05) is 45.4 Å². The Morgan fingerprint density at radius 1 is 1.26 bits per heavy atom. The molecule has 4 amide bonds. The van der Waals surface area contributed by atoms with Crippen molar-refractivity contribution in [1.82, 2.24) is 15.5 Å². The van der Waals surface area contributed by atoms with Crippen LogP contribution in [-0.4, -0.2) is 40.9 Å². The van der Waals surface area contributed by atoms with Crippen molar-refractivity contribution in [1.29, 1.82) is 0 Å². The minimum atomic E-state index is -0.748. The smallest absolute Gasteiger partial charge is 0.325 e. The van der Waals surface area contributed by atoms with E-state index in [1.165, 1.54) is 0 Å². The molecule has 6 nitrogen and oxygen atoms in total. The summed E-state index contributed by atoms with van der Waals surface area (Å²) in [6.45, 7) is 3.93. The van der Waals surface area contributed by atoms with Gasteiger partial charge in [-0.15, -0.1) is 0 Å². The molecule has 1 spiro atoms. The molecule has 23 heavy (non-hydrogen) atoms. The molecule has 1 saturated heterocycles. The van der Waals surface area contributed by atoms with E-state index in [0.717, 1.165) is 49.8 Å². The van der Waals surface area contributed by atoms with Gasteiger partial charge in [-0.25, -0.2) is 4.79 Å². The molecule has 1 atom stereocenters. The van der Waals surface area contributed by atoms with Crippen LogP contribution >= 0.6 is 0 Å². The van der Waals surface area contributed by atoms with Crippen molar-refractivity contribution in [3.63, 3.8) is 0 Å². The van der Waals surface area contributed by atoms with Crippen molar-refractivity contribution in [2.24, 2.45) is 0 Å². The molecule has 0 aromatic rings. The highest BCUT2D eigenvalue weighted by atomic mass is 16.2. The van der Waals surface area contributed by atoms with Crippen molar-refractivity contribution in [2.75, 3.05) is 6.54 Å². The number of nitrogens with one attached hydrogen (secondary N) is 2. The van der Waals surface area contributed by atoms with Crippen LogP contribution in [-0.2, 0) is 9.59 Å². The molecule has 6 heteroatoms. The van der Waals surface area contributed by atoms with Crippen LogP contribution < -0.4 is 10.6 Å². The first kappa shape index (κ1) is 17.8. The molecule has 2 aliphatic rings. The van der Waals surface area contributed by atoms with Crippen LogP contribution in [0.25, 0.3) is 0 Å². The standard InChI is InChI=1S/C17H29N3O3/c1-3-4-6-9-13(2)18-14(21)12-20-15(22)17(19-16(20)23)10-7-5-8-11-17/h13H,3-12H2,1-2H3,(H,18,21)(H,19,23). The molecule has 1 aliphatic carbocycles. The van der Waals surface area contributed by atoms with Crippen molar-refractivity contribution in [2.45, 2.75) is 83.2 Å². The maximum atomic E-state index is 12.6. The van der Waals surface area contributed by atoms with Gasteiger partial charge in [0, 0.05) is 6.04 Å². The topological polar surface area (TPSA) is 78.5 Å². The average Bonchev–Trinajstić information content (AvgIpc) is 2.72. The number of hydrogen-bond acceptors (Lipinski definition) is 3. The SMILES string of the molecule is CCCCCC(C)NC(=O)CN1C(=O)NC2(CCCCC2)C1=O. The minimum Gasteiger partial charge on any atom is -0.352 e. The summed E-state index contributed by atoms with van der Waals surface area (Å²) in [6, 6.07) is -0.357. The van der Waals surface area contributed by atoms with E-state index in [1.54, 1.807) is 0 Å². The van der Waals surface area contributed by atoms with Crippen LogP contribution in [0.5, 0.6) is 0 Å². The van der Waals surface area contributed by atoms with E-state index in [1.807, 2.05) is 6.92 Å². The Labute approximate surface area is 138 Å². The average molecular weight is 323 g/mol. The highest BCUT2D eigenvalue weighted by molar-refractivity contribution is 6.09. The van der Waals surface area contributed by atoms with Gasteiger partial charge in [-0.05, 0) is 26.2 Å². The zero-order chi connectivity index (χ0) is 16.9. The second-order valence-corrected chi connectivity index (χ2v) is 6.93. The maximum Gasteiger partial charge on any atom is 0.325 e. The van der Waals surface area contributed by atoms with E-state index >= 15 is 0 Å². The van der Waals surface area contributed by atoms with E-state index in [-0.39, 0.29) is 24.4 Å². The summed E-state index contributed by atoms with van der Waals surface area (Å²) in [6.07, 6.45) is 8.64. The summed E-state index contributed by atoms with van der Waals surface area (Å²) < 4.78 is 0. The molecular weight excluding hydrogens is 294 g/mol. The van der Waals surface area contributed by atoms with Crippen LogP contribution in [0.4, 0.5) is 4.79 Å². The van der Waals surface area contributed by atoms with Crippen molar-refractivity contribution >= 4 is 17.8 Å². The van der Waals surface area contributed by atoms with Gasteiger partial charge in [0.2, 0.25) is 5.91 Å². The number of carbonyl (C=O) groups is 3. The predicted molar refractivity (Wildman–Crippen MR) is 87.8 cm³/mol. The van der Waals surface area contributed by atoms with E-state index in [0.29, 0.717) is 12.8 Å². The lowest BCUT2D eigenvalue weighted by atomic mass is 9.82. The van der Waals surface area contributed by atoms with Crippen molar-refractivity contribution in [3.05, 3.63) is 0 Å². The molecule has 0 bridgehead atoms.